The lowest BCUT2D eigenvalue weighted by atomic mass is 10.0. The first-order chi connectivity index (χ1) is 9.10. The summed E-state index contributed by atoms with van der Waals surface area (Å²) in [4.78, 5) is 2.47. The van der Waals surface area contributed by atoms with Gasteiger partial charge in [0.25, 0.3) is 0 Å². The summed E-state index contributed by atoms with van der Waals surface area (Å²) in [7, 11) is 0. The Balaban J connectivity index is 2.16. The van der Waals surface area contributed by atoms with Crippen LogP contribution in [0.2, 0.25) is 0 Å². The minimum absolute atomic E-state index is 0.0545. The van der Waals surface area contributed by atoms with Crippen molar-refractivity contribution in [1.29, 1.82) is 0 Å². The molecule has 0 saturated carbocycles. The van der Waals surface area contributed by atoms with E-state index in [2.05, 4.69) is 45.0 Å². The molecule has 0 bridgehead atoms. The van der Waals surface area contributed by atoms with Gasteiger partial charge in [0.2, 0.25) is 0 Å². The van der Waals surface area contributed by atoms with Gasteiger partial charge in [0.15, 0.2) is 0 Å². The quantitative estimate of drug-likeness (QED) is 0.885. The SMILES string of the molecule is Cc1ccc(C(CN)Oc2cccc(C(C)C)c2)s1. The first-order valence-corrected chi connectivity index (χ1v) is 7.45. The number of thiophene rings is 1. The predicted octanol–water partition coefficient (Wildman–Crippen LogP) is 4.26. The Labute approximate surface area is 119 Å². The molecule has 0 spiro atoms. The van der Waals surface area contributed by atoms with Crippen LogP contribution in [0.5, 0.6) is 5.75 Å². The first kappa shape index (κ1) is 14.1. The van der Waals surface area contributed by atoms with Crippen LogP contribution in [0.3, 0.4) is 0 Å². The third-order valence-electron chi connectivity index (χ3n) is 3.10. The molecule has 1 unspecified atom stereocenters. The van der Waals surface area contributed by atoms with Crippen molar-refractivity contribution < 1.29 is 4.74 Å². The Morgan fingerprint density at radius 3 is 2.58 bits per heavy atom. The summed E-state index contributed by atoms with van der Waals surface area (Å²) in [6, 6.07) is 12.5. The van der Waals surface area contributed by atoms with Crippen LogP contribution in [0.15, 0.2) is 36.4 Å². The van der Waals surface area contributed by atoms with E-state index in [1.807, 2.05) is 12.1 Å². The number of rotatable bonds is 5. The third-order valence-corrected chi connectivity index (χ3v) is 4.19. The number of hydrogen-bond acceptors (Lipinski definition) is 3. The molecule has 1 aromatic carbocycles. The summed E-state index contributed by atoms with van der Waals surface area (Å²) in [5.41, 5.74) is 7.13. The van der Waals surface area contributed by atoms with Gasteiger partial charge in [0.1, 0.15) is 11.9 Å². The molecule has 2 rings (SSSR count). The minimum Gasteiger partial charge on any atom is -0.484 e. The van der Waals surface area contributed by atoms with Crippen LogP contribution in [0.1, 0.15) is 41.2 Å². The Kier molecular flexibility index (Phi) is 4.61. The number of aryl methyl sites for hydroxylation is 1. The van der Waals surface area contributed by atoms with Crippen molar-refractivity contribution in [2.24, 2.45) is 5.73 Å². The summed E-state index contributed by atoms with van der Waals surface area (Å²) in [5.74, 6) is 1.40. The van der Waals surface area contributed by atoms with Crippen molar-refractivity contribution in [3.8, 4) is 5.75 Å². The fourth-order valence-electron chi connectivity index (χ4n) is 1.96. The summed E-state index contributed by atoms with van der Waals surface area (Å²) in [5, 5.41) is 0. The van der Waals surface area contributed by atoms with Gasteiger partial charge in [0.05, 0.1) is 0 Å². The van der Waals surface area contributed by atoms with E-state index in [0.717, 1.165) is 5.75 Å². The van der Waals surface area contributed by atoms with Gasteiger partial charge in [-0.15, -0.1) is 11.3 Å². The summed E-state index contributed by atoms with van der Waals surface area (Å²) in [6.07, 6.45) is -0.0545. The second kappa shape index (κ2) is 6.22. The van der Waals surface area contributed by atoms with Crippen molar-refractivity contribution in [3.63, 3.8) is 0 Å². The molecule has 3 heteroatoms. The zero-order chi connectivity index (χ0) is 13.8. The van der Waals surface area contributed by atoms with Gasteiger partial charge >= 0.3 is 0 Å². The molecule has 0 aliphatic carbocycles. The van der Waals surface area contributed by atoms with Crippen molar-refractivity contribution in [2.45, 2.75) is 32.8 Å². The van der Waals surface area contributed by atoms with Gasteiger partial charge in [0, 0.05) is 16.3 Å². The van der Waals surface area contributed by atoms with Crippen molar-refractivity contribution in [1.82, 2.24) is 0 Å². The topological polar surface area (TPSA) is 35.2 Å². The molecule has 0 radical (unpaired) electrons. The Morgan fingerprint density at radius 2 is 2.00 bits per heavy atom. The lowest BCUT2D eigenvalue weighted by molar-refractivity contribution is 0.218. The van der Waals surface area contributed by atoms with E-state index in [4.69, 9.17) is 10.5 Å². The second-order valence-electron chi connectivity index (χ2n) is 5.02. The standard InChI is InChI=1S/C16H21NOS/c1-11(2)13-5-4-6-14(9-13)18-15(10-17)16-8-7-12(3)19-16/h4-9,11,15H,10,17H2,1-3H3. The molecule has 0 aliphatic heterocycles. The number of benzene rings is 1. The molecular weight excluding hydrogens is 254 g/mol. The molecule has 0 saturated heterocycles. The number of hydrogen-bond donors (Lipinski definition) is 1. The van der Waals surface area contributed by atoms with E-state index < -0.39 is 0 Å². The Hall–Kier alpha value is -1.32. The summed E-state index contributed by atoms with van der Waals surface area (Å²) < 4.78 is 6.04. The van der Waals surface area contributed by atoms with E-state index in [1.54, 1.807) is 11.3 Å². The minimum atomic E-state index is -0.0545. The Morgan fingerprint density at radius 1 is 1.21 bits per heavy atom. The molecular formula is C16H21NOS. The number of nitrogens with two attached hydrogens (primary N) is 1. The molecule has 19 heavy (non-hydrogen) atoms. The normalized spacial score (nSPS) is 12.7. The van der Waals surface area contributed by atoms with Crippen molar-refractivity contribution >= 4 is 11.3 Å². The van der Waals surface area contributed by atoms with Crippen LogP contribution in [0.25, 0.3) is 0 Å². The summed E-state index contributed by atoms with van der Waals surface area (Å²) >= 11 is 1.75. The highest BCUT2D eigenvalue weighted by Crippen LogP contribution is 2.28. The van der Waals surface area contributed by atoms with Crippen LogP contribution < -0.4 is 10.5 Å². The number of ether oxygens (including phenoxy) is 1. The molecule has 2 nitrogen and oxygen atoms in total. The Bertz CT molecular complexity index is 533. The van der Waals surface area contributed by atoms with E-state index in [1.165, 1.54) is 15.3 Å². The third kappa shape index (κ3) is 3.58. The molecule has 1 heterocycles. The predicted molar refractivity (Wildman–Crippen MR) is 82.0 cm³/mol. The maximum atomic E-state index is 6.04. The van der Waals surface area contributed by atoms with Crippen LogP contribution >= 0.6 is 11.3 Å². The average molecular weight is 275 g/mol. The van der Waals surface area contributed by atoms with Gasteiger partial charge in [-0.05, 0) is 42.7 Å². The highest BCUT2D eigenvalue weighted by atomic mass is 32.1. The zero-order valence-electron chi connectivity index (χ0n) is 11.7. The molecule has 0 fully saturated rings. The fraction of sp³-hybridized carbons (Fsp3) is 0.375. The van der Waals surface area contributed by atoms with Gasteiger partial charge in [-0.2, -0.15) is 0 Å². The molecule has 0 amide bonds. The maximum Gasteiger partial charge on any atom is 0.145 e. The lowest BCUT2D eigenvalue weighted by Gasteiger charge is -2.17. The molecule has 2 aromatic rings. The van der Waals surface area contributed by atoms with E-state index >= 15 is 0 Å². The highest BCUT2D eigenvalue weighted by molar-refractivity contribution is 7.12. The van der Waals surface area contributed by atoms with Gasteiger partial charge in [-0.1, -0.05) is 26.0 Å². The van der Waals surface area contributed by atoms with Crippen molar-refractivity contribution in [2.75, 3.05) is 6.54 Å². The summed E-state index contributed by atoms with van der Waals surface area (Å²) in [6.45, 7) is 6.96. The molecule has 1 aromatic heterocycles. The van der Waals surface area contributed by atoms with E-state index in [-0.39, 0.29) is 6.10 Å². The maximum absolute atomic E-state index is 6.04. The average Bonchev–Trinajstić information content (AvgIpc) is 2.83. The van der Waals surface area contributed by atoms with Gasteiger partial charge in [-0.25, -0.2) is 0 Å². The molecule has 102 valence electrons. The largest absolute Gasteiger partial charge is 0.484 e. The monoisotopic (exact) mass is 275 g/mol. The van der Waals surface area contributed by atoms with E-state index in [0.29, 0.717) is 12.5 Å². The molecule has 0 aliphatic rings. The van der Waals surface area contributed by atoms with Crippen LogP contribution in [0.4, 0.5) is 0 Å². The van der Waals surface area contributed by atoms with Crippen LogP contribution in [-0.4, -0.2) is 6.54 Å². The van der Waals surface area contributed by atoms with Crippen LogP contribution in [0, 0.1) is 6.92 Å². The van der Waals surface area contributed by atoms with Crippen molar-refractivity contribution in [3.05, 3.63) is 51.7 Å². The molecule has 1 atom stereocenters. The highest BCUT2D eigenvalue weighted by Gasteiger charge is 2.14. The smallest absolute Gasteiger partial charge is 0.145 e. The zero-order valence-corrected chi connectivity index (χ0v) is 12.5. The van der Waals surface area contributed by atoms with Crippen LogP contribution in [-0.2, 0) is 0 Å². The van der Waals surface area contributed by atoms with Gasteiger partial charge < -0.3 is 10.5 Å². The fourth-order valence-corrected chi connectivity index (χ4v) is 2.88. The lowest BCUT2D eigenvalue weighted by Crippen LogP contribution is -2.17. The van der Waals surface area contributed by atoms with E-state index in [9.17, 15) is 0 Å². The second-order valence-corrected chi connectivity index (χ2v) is 6.34. The molecule has 2 N–H and O–H groups in total. The first-order valence-electron chi connectivity index (χ1n) is 6.63. The van der Waals surface area contributed by atoms with Gasteiger partial charge in [-0.3, -0.25) is 0 Å².